The molecule has 2 rings (SSSR count). The van der Waals surface area contributed by atoms with Crippen molar-refractivity contribution in [2.45, 2.75) is 66.5 Å². The Kier molecular flexibility index (Phi) is 11.1. The predicted molar refractivity (Wildman–Crippen MR) is 86.2 cm³/mol. The molecule has 0 aliphatic heterocycles. The van der Waals surface area contributed by atoms with E-state index in [0.29, 0.717) is 0 Å². The van der Waals surface area contributed by atoms with Crippen LogP contribution in [0.25, 0.3) is 0 Å². The van der Waals surface area contributed by atoms with E-state index in [4.69, 9.17) is 0 Å². The quantitative estimate of drug-likeness (QED) is 0.415. The van der Waals surface area contributed by atoms with Crippen molar-refractivity contribution in [3.8, 4) is 0 Å². The molecule has 0 nitrogen and oxygen atoms in total. The van der Waals surface area contributed by atoms with E-state index in [9.17, 15) is 0 Å². The van der Waals surface area contributed by atoms with Crippen LogP contribution in [0.5, 0.6) is 0 Å². The second kappa shape index (κ2) is 9.82. The van der Waals surface area contributed by atoms with Crippen molar-refractivity contribution in [2.75, 3.05) is 0 Å². The molecule has 0 aromatic heterocycles. The summed E-state index contributed by atoms with van der Waals surface area (Å²) in [6, 6.07) is 2.61. The van der Waals surface area contributed by atoms with Gasteiger partial charge in [-0.15, -0.1) is 12.8 Å². The molecule has 0 fully saturated rings. The first-order valence-electron chi connectivity index (χ1n) is 7.54. The SMILES string of the molecule is CC[Si](CC)(C1=C(C)C[C-]=C1C)C1=C(C)C[C-]=C1C.[Cl-].[Cl-].[Zr+4]. The van der Waals surface area contributed by atoms with Crippen molar-refractivity contribution >= 4 is 8.07 Å². The second-order valence-corrected chi connectivity index (χ2v) is 10.6. The molecule has 0 saturated carbocycles. The minimum absolute atomic E-state index is 0. The third kappa shape index (κ3) is 4.00. The summed E-state index contributed by atoms with van der Waals surface area (Å²) < 4.78 is 0. The standard InChI is InChI=1S/C18H26Si.2ClH.Zr/c1-7-19(8-2,17-13(3)9-10-14(17)4)18-15(5)11-12-16(18)6;;;/h7-9,11H2,1-6H3;2*1H;/q-2;;;+4/p-2. The van der Waals surface area contributed by atoms with Gasteiger partial charge < -0.3 is 24.8 Å². The summed E-state index contributed by atoms with van der Waals surface area (Å²) in [6.45, 7) is 14.0. The van der Waals surface area contributed by atoms with Crippen LogP contribution >= 0.6 is 0 Å². The number of allylic oxidation sites excluding steroid dienone is 8. The second-order valence-electron chi connectivity index (χ2n) is 6.06. The molecule has 0 bridgehead atoms. The minimum Gasteiger partial charge on any atom is -1.00 e. The zero-order valence-corrected chi connectivity index (χ0v) is 19.6. The van der Waals surface area contributed by atoms with E-state index >= 15 is 0 Å². The number of halogens is 2. The van der Waals surface area contributed by atoms with Crippen LogP contribution in [0.4, 0.5) is 0 Å². The van der Waals surface area contributed by atoms with Crippen LogP contribution in [-0.2, 0) is 26.2 Å². The Hall–Kier alpha value is 0.640. The van der Waals surface area contributed by atoms with Gasteiger partial charge in [-0.25, -0.2) is 21.5 Å². The zero-order chi connectivity index (χ0) is 14.2. The Morgan fingerprint density at radius 1 is 0.773 bits per heavy atom. The fourth-order valence-corrected chi connectivity index (χ4v) is 9.73. The van der Waals surface area contributed by atoms with Gasteiger partial charge in [-0.1, -0.05) is 61.7 Å². The minimum atomic E-state index is -1.57. The molecule has 0 aromatic rings. The summed E-state index contributed by atoms with van der Waals surface area (Å²) in [4.78, 5) is 0. The van der Waals surface area contributed by atoms with E-state index in [-0.39, 0.29) is 51.0 Å². The number of hydrogen-bond acceptors (Lipinski definition) is 0. The number of hydrogen-bond donors (Lipinski definition) is 0. The van der Waals surface area contributed by atoms with Gasteiger partial charge in [-0.2, -0.15) is 11.1 Å². The maximum absolute atomic E-state index is 3.57. The van der Waals surface area contributed by atoms with Crippen molar-refractivity contribution < 1.29 is 51.0 Å². The molecule has 4 heteroatoms. The Labute approximate surface area is 169 Å². The van der Waals surface area contributed by atoms with Crippen LogP contribution in [0.2, 0.25) is 12.1 Å². The monoisotopic (exact) mass is 430 g/mol. The van der Waals surface area contributed by atoms with Gasteiger partial charge in [0.1, 0.15) is 0 Å². The molecule has 0 aromatic carbocycles. The van der Waals surface area contributed by atoms with Crippen LogP contribution in [0.15, 0.2) is 32.7 Å². The summed E-state index contributed by atoms with van der Waals surface area (Å²) in [5.74, 6) is 0. The molecule has 0 spiro atoms. The van der Waals surface area contributed by atoms with E-state index in [1.807, 2.05) is 0 Å². The van der Waals surface area contributed by atoms with Crippen LogP contribution in [0, 0.1) is 12.2 Å². The molecule has 0 N–H and O–H groups in total. The van der Waals surface area contributed by atoms with Crippen LogP contribution in [0.1, 0.15) is 54.4 Å². The smallest absolute Gasteiger partial charge is 1.00 e. The molecule has 2 aliphatic rings. The van der Waals surface area contributed by atoms with Crippen molar-refractivity contribution in [3.05, 3.63) is 44.8 Å². The van der Waals surface area contributed by atoms with Gasteiger partial charge in [0, 0.05) is 0 Å². The molecule has 0 saturated heterocycles. The van der Waals surface area contributed by atoms with Crippen molar-refractivity contribution in [2.24, 2.45) is 0 Å². The molecule has 0 unspecified atom stereocenters. The third-order valence-electron chi connectivity index (χ3n) is 5.01. The maximum atomic E-state index is 3.57. The molecule has 120 valence electrons. The molecular weight excluding hydrogens is 406 g/mol. The molecule has 0 radical (unpaired) electrons. The van der Waals surface area contributed by atoms with E-state index in [0.717, 1.165) is 12.8 Å². The van der Waals surface area contributed by atoms with E-state index in [1.165, 1.54) is 23.2 Å². The maximum Gasteiger partial charge on any atom is 4.00 e. The van der Waals surface area contributed by atoms with E-state index in [1.54, 1.807) is 21.5 Å². The Morgan fingerprint density at radius 2 is 1.09 bits per heavy atom. The van der Waals surface area contributed by atoms with Gasteiger partial charge in [-0.3, -0.25) is 12.2 Å². The number of rotatable bonds is 4. The summed E-state index contributed by atoms with van der Waals surface area (Å²) in [5, 5.41) is 3.41. The molecule has 22 heavy (non-hydrogen) atoms. The first-order chi connectivity index (χ1) is 8.97. The molecule has 0 amide bonds. The first-order valence-corrected chi connectivity index (χ1v) is 9.95. The average Bonchev–Trinajstić information content (AvgIpc) is 2.90. The van der Waals surface area contributed by atoms with Gasteiger partial charge in [0.25, 0.3) is 0 Å². The predicted octanol–water partition coefficient (Wildman–Crippen LogP) is -0.502. The Bertz CT molecular complexity index is 479. The summed E-state index contributed by atoms with van der Waals surface area (Å²) in [6.07, 6.45) is 9.24. The summed E-state index contributed by atoms with van der Waals surface area (Å²) >= 11 is 0. The normalized spacial score (nSPS) is 17.5. The summed E-state index contributed by atoms with van der Waals surface area (Å²) in [7, 11) is -1.57. The van der Waals surface area contributed by atoms with E-state index in [2.05, 4.69) is 53.7 Å². The molecular formula is C18H26Cl2SiZr. The molecule has 2 aliphatic carbocycles. The van der Waals surface area contributed by atoms with Crippen molar-refractivity contribution in [3.63, 3.8) is 0 Å². The van der Waals surface area contributed by atoms with Crippen molar-refractivity contribution in [1.29, 1.82) is 0 Å². The fraction of sp³-hybridized carbons (Fsp3) is 0.556. The van der Waals surface area contributed by atoms with Gasteiger partial charge in [-0.05, 0) is 0 Å². The topological polar surface area (TPSA) is 0 Å². The first kappa shape index (κ1) is 24.9. The van der Waals surface area contributed by atoms with Crippen LogP contribution in [0.3, 0.4) is 0 Å². The van der Waals surface area contributed by atoms with Gasteiger partial charge >= 0.3 is 26.2 Å². The molecule has 0 heterocycles. The molecule has 0 atom stereocenters. The van der Waals surface area contributed by atoms with Gasteiger partial charge in [0.05, 0.1) is 0 Å². The summed E-state index contributed by atoms with van der Waals surface area (Å²) in [5.41, 5.74) is 6.03. The van der Waals surface area contributed by atoms with Crippen LogP contribution < -0.4 is 24.8 Å². The Balaban J connectivity index is 0. The van der Waals surface area contributed by atoms with Gasteiger partial charge in [0.2, 0.25) is 0 Å². The average molecular weight is 433 g/mol. The zero-order valence-electron chi connectivity index (χ0n) is 14.6. The van der Waals surface area contributed by atoms with Crippen molar-refractivity contribution in [1.82, 2.24) is 0 Å². The van der Waals surface area contributed by atoms with Gasteiger partial charge in [0.15, 0.2) is 0 Å². The van der Waals surface area contributed by atoms with Crippen LogP contribution in [-0.4, -0.2) is 8.07 Å². The largest absolute Gasteiger partial charge is 4.00 e. The fourth-order valence-electron chi connectivity index (χ4n) is 4.14. The van der Waals surface area contributed by atoms with E-state index < -0.39 is 8.07 Å². The third-order valence-corrected chi connectivity index (χ3v) is 10.9. The Morgan fingerprint density at radius 3 is 1.27 bits per heavy atom.